The minimum absolute atomic E-state index is 0.650. The van der Waals surface area contributed by atoms with Gasteiger partial charge in [0.2, 0.25) is 0 Å². The Morgan fingerprint density at radius 3 is 2.96 bits per heavy atom. The molecule has 1 aliphatic heterocycles. The number of morpholine rings is 1. The first-order valence-electron chi connectivity index (χ1n) is 8.83. The molecule has 1 N–H and O–H groups in total. The predicted octanol–water partition coefficient (Wildman–Crippen LogP) is 2.61. The van der Waals surface area contributed by atoms with Crippen LogP contribution in [0.5, 0.6) is 0 Å². The molecule has 1 aliphatic rings. The van der Waals surface area contributed by atoms with E-state index in [9.17, 15) is 0 Å². The molecule has 1 aromatic carbocycles. The van der Waals surface area contributed by atoms with E-state index in [1.807, 2.05) is 12.3 Å². The number of nitrogens with one attached hydrogen (secondary N) is 1. The summed E-state index contributed by atoms with van der Waals surface area (Å²) in [6, 6.07) is 10.3. The molecule has 1 fully saturated rings. The Bertz CT molecular complexity index is 942. The lowest BCUT2D eigenvalue weighted by Gasteiger charge is -2.28. The zero-order chi connectivity index (χ0) is 17.8. The number of ether oxygens (including phenoxy) is 1. The lowest BCUT2D eigenvalue weighted by molar-refractivity contribution is 0.122. The van der Waals surface area contributed by atoms with Gasteiger partial charge in [-0.25, -0.2) is 15.2 Å². The molecule has 26 heavy (non-hydrogen) atoms. The molecule has 0 bridgehead atoms. The van der Waals surface area contributed by atoms with Gasteiger partial charge in [-0.1, -0.05) is 18.5 Å². The van der Waals surface area contributed by atoms with E-state index in [1.54, 1.807) is 7.28 Å². The van der Waals surface area contributed by atoms with Crippen LogP contribution in [0, 0.1) is 11.2 Å². The van der Waals surface area contributed by atoms with Gasteiger partial charge in [-0.2, -0.15) is 0 Å². The molecule has 0 spiro atoms. The minimum atomic E-state index is 0.650. The van der Waals surface area contributed by atoms with Crippen LogP contribution in [0.2, 0.25) is 6.32 Å². The summed E-state index contributed by atoms with van der Waals surface area (Å²) < 4.78 is 5.46. The summed E-state index contributed by atoms with van der Waals surface area (Å²) >= 11 is 0. The average Bonchev–Trinajstić information content (AvgIpc) is 3.17. The molecule has 1 radical (unpaired) electrons. The highest BCUT2D eigenvalue weighted by atomic mass is 16.5. The fourth-order valence-corrected chi connectivity index (χ4v) is 3.26. The number of aryl methyl sites for hydroxylation is 1. The van der Waals surface area contributed by atoms with Crippen molar-refractivity contribution in [2.45, 2.75) is 12.7 Å². The van der Waals surface area contributed by atoms with Gasteiger partial charge in [0.25, 0.3) is 7.28 Å². The third-order valence-electron chi connectivity index (χ3n) is 4.57. The molecule has 1 saturated heterocycles. The number of hydrogen-bond acceptors (Lipinski definition) is 5. The second-order valence-corrected chi connectivity index (χ2v) is 6.24. The van der Waals surface area contributed by atoms with Crippen molar-refractivity contribution in [1.29, 1.82) is 5.26 Å². The third kappa shape index (κ3) is 3.42. The summed E-state index contributed by atoms with van der Waals surface area (Å²) in [4.78, 5) is 15.0. The number of hydrogen-bond donors (Lipinski definition) is 1. The fraction of sp³-hybridized carbons (Fsp3) is 0.316. The average molecular weight is 344 g/mol. The SMILES string of the molecule is N#C[B]CCc1nc(-c2cccc3[nH]ccc23)cc(N2CCOCC2)n1. The Balaban J connectivity index is 1.76. The summed E-state index contributed by atoms with van der Waals surface area (Å²) in [6.07, 6.45) is 3.25. The van der Waals surface area contributed by atoms with Gasteiger partial charge < -0.3 is 14.6 Å². The Morgan fingerprint density at radius 1 is 1.23 bits per heavy atom. The number of nitrogens with zero attached hydrogens (tertiary/aromatic N) is 4. The number of rotatable bonds is 5. The summed E-state index contributed by atoms with van der Waals surface area (Å²) in [5, 5.41) is 9.90. The number of H-pyrrole nitrogens is 1. The molecule has 0 unspecified atom stereocenters. The molecule has 3 heterocycles. The highest BCUT2D eigenvalue weighted by Crippen LogP contribution is 2.29. The fourth-order valence-electron chi connectivity index (χ4n) is 3.26. The van der Waals surface area contributed by atoms with Crippen molar-refractivity contribution >= 4 is 24.0 Å². The standard InChI is InChI=1S/C19H19BN5O/c21-13-20-6-4-18-23-17(12-19(24-18)25-8-10-26-11-9-25)14-2-1-3-16-15(14)5-7-22-16/h1-3,5,7,12,22H,4,6,8-11H2. The van der Waals surface area contributed by atoms with Crippen molar-refractivity contribution in [3.8, 4) is 17.2 Å². The number of aromatic amines is 1. The quantitative estimate of drug-likeness (QED) is 0.569. The predicted molar refractivity (Wildman–Crippen MR) is 102 cm³/mol. The Hall–Kier alpha value is -2.85. The van der Waals surface area contributed by atoms with Crippen LogP contribution in [0.4, 0.5) is 5.82 Å². The molecular weight excluding hydrogens is 325 g/mol. The van der Waals surface area contributed by atoms with Crippen LogP contribution in [-0.4, -0.2) is 48.5 Å². The molecule has 4 rings (SSSR count). The smallest absolute Gasteiger partial charge is 0.255 e. The monoisotopic (exact) mass is 344 g/mol. The van der Waals surface area contributed by atoms with Crippen molar-refractivity contribution in [1.82, 2.24) is 15.0 Å². The number of nitriles is 1. The second-order valence-electron chi connectivity index (χ2n) is 6.24. The summed E-state index contributed by atoms with van der Waals surface area (Å²) in [5.41, 5.74) is 3.10. The van der Waals surface area contributed by atoms with E-state index in [0.717, 1.165) is 46.9 Å². The first kappa shape index (κ1) is 16.6. The minimum Gasteiger partial charge on any atom is -0.378 e. The molecule has 3 aromatic rings. The number of anilines is 1. The van der Waals surface area contributed by atoms with Gasteiger partial charge in [0.1, 0.15) is 11.6 Å². The van der Waals surface area contributed by atoms with Crippen molar-refractivity contribution in [2.24, 2.45) is 0 Å². The number of aromatic nitrogens is 3. The highest BCUT2D eigenvalue weighted by molar-refractivity contribution is 6.45. The van der Waals surface area contributed by atoms with Crippen LogP contribution < -0.4 is 4.90 Å². The van der Waals surface area contributed by atoms with Gasteiger partial charge in [-0.15, -0.1) is 0 Å². The van der Waals surface area contributed by atoms with E-state index >= 15 is 0 Å². The van der Waals surface area contributed by atoms with Crippen LogP contribution in [0.1, 0.15) is 5.82 Å². The van der Waals surface area contributed by atoms with Crippen molar-refractivity contribution < 1.29 is 4.74 Å². The van der Waals surface area contributed by atoms with E-state index < -0.39 is 0 Å². The van der Waals surface area contributed by atoms with E-state index in [4.69, 9.17) is 20.0 Å². The Kier molecular flexibility index (Phi) is 4.85. The summed E-state index contributed by atoms with van der Waals surface area (Å²) in [5.74, 6) is 3.77. The number of benzene rings is 1. The second kappa shape index (κ2) is 7.59. The normalized spacial score (nSPS) is 14.3. The van der Waals surface area contributed by atoms with E-state index in [0.29, 0.717) is 26.0 Å². The summed E-state index contributed by atoms with van der Waals surface area (Å²) in [6.45, 7) is 3.08. The molecule has 0 saturated carbocycles. The summed E-state index contributed by atoms with van der Waals surface area (Å²) in [7, 11) is 1.59. The largest absolute Gasteiger partial charge is 0.378 e. The van der Waals surface area contributed by atoms with Crippen LogP contribution in [0.3, 0.4) is 0 Å². The lowest BCUT2D eigenvalue weighted by atomic mass is 9.76. The van der Waals surface area contributed by atoms with Crippen LogP contribution in [0.15, 0.2) is 36.5 Å². The van der Waals surface area contributed by atoms with Gasteiger partial charge in [-0.3, -0.25) is 0 Å². The van der Waals surface area contributed by atoms with E-state index in [1.165, 1.54) is 0 Å². The molecule has 6 nitrogen and oxygen atoms in total. The van der Waals surface area contributed by atoms with E-state index in [-0.39, 0.29) is 0 Å². The molecular formula is C19H19BN5O. The van der Waals surface area contributed by atoms with Crippen molar-refractivity contribution in [2.75, 3.05) is 31.2 Å². The first-order valence-corrected chi connectivity index (χ1v) is 8.83. The Labute approximate surface area is 153 Å². The molecule has 2 aromatic heterocycles. The molecule has 7 heteroatoms. The van der Waals surface area contributed by atoms with Crippen molar-refractivity contribution in [3.05, 3.63) is 42.4 Å². The van der Waals surface area contributed by atoms with Crippen LogP contribution >= 0.6 is 0 Å². The Morgan fingerprint density at radius 2 is 2.12 bits per heavy atom. The lowest BCUT2D eigenvalue weighted by Crippen LogP contribution is -2.37. The van der Waals surface area contributed by atoms with Crippen molar-refractivity contribution in [3.63, 3.8) is 0 Å². The third-order valence-corrected chi connectivity index (χ3v) is 4.57. The zero-order valence-electron chi connectivity index (χ0n) is 14.5. The van der Waals surface area contributed by atoms with Crippen LogP contribution in [0.25, 0.3) is 22.2 Å². The zero-order valence-corrected chi connectivity index (χ0v) is 14.5. The van der Waals surface area contributed by atoms with E-state index in [2.05, 4.69) is 40.1 Å². The van der Waals surface area contributed by atoms with Gasteiger partial charge in [0.15, 0.2) is 0 Å². The maximum atomic E-state index is 8.76. The molecule has 129 valence electrons. The van der Waals surface area contributed by atoms with Crippen LogP contribution in [-0.2, 0) is 11.2 Å². The first-order chi connectivity index (χ1) is 12.8. The highest BCUT2D eigenvalue weighted by Gasteiger charge is 2.16. The van der Waals surface area contributed by atoms with Gasteiger partial charge in [0, 0.05) is 48.2 Å². The number of fused-ring (bicyclic) bond motifs is 1. The maximum Gasteiger partial charge on any atom is 0.255 e. The molecule has 0 amide bonds. The molecule has 0 aliphatic carbocycles. The molecule has 0 atom stereocenters. The van der Waals surface area contributed by atoms with Gasteiger partial charge in [-0.05, 0) is 18.1 Å². The topological polar surface area (TPSA) is 77.8 Å². The van der Waals surface area contributed by atoms with Gasteiger partial charge in [0.05, 0.1) is 18.9 Å². The maximum absolute atomic E-state index is 8.76. The van der Waals surface area contributed by atoms with Gasteiger partial charge >= 0.3 is 0 Å².